The van der Waals surface area contributed by atoms with Crippen LogP contribution in [0.4, 0.5) is 4.79 Å². The van der Waals surface area contributed by atoms with Crippen LogP contribution in [0.25, 0.3) is 0 Å². The molecular weight excluding hydrogens is 615 g/mol. The van der Waals surface area contributed by atoms with E-state index in [9.17, 15) is 4.79 Å². The van der Waals surface area contributed by atoms with Gasteiger partial charge in [-0.1, -0.05) is 121 Å². The van der Waals surface area contributed by atoms with Crippen LogP contribution >= 0.6 is 11.8 Å². The van der Waals surface area contributed by atoms with Gasteiger partial charge in [-0.15, -0.1) is 11.8 Å². The molecular formula is C41H51N3O3S. The zero-order valence-corrected chi connectivity index (χ0v) is 29.7. The van der Waals surface area contributed by atoms with E-state index in [4.69, 9.17) is 9.47 Å². The molecule has 1 amide bonds. The van der Waals surface area contributed by atoms with E-state index in [1.807, 2.05) is 32.5 Å². The Morgan fingerprint density at radius 3 is 1.83 bits per heavy atom. The van der Waals surface area contributed by atoms with Crippen LogP contribution in [-0.2, 0) is 20.8 Å². The number of hydrogen-bond acceptors (Lipinski definition) is 6. The number of rotatable bonds is 14. The first-order valence-electron chi connectivity index (χ1n) is 17.1. The molecule has 6 nitrogen and oxygen atoms in total. The molecule has 1 heterocycles. The van der Waals surface area contributed by atoms with Gasteiger partial charge in [0.05, 0.1) is 10.8 Å². The van der Waals surface area contributed by atoms with Crippen LogP contribution in [0.5, 0.6) is 0 Å². The number of alkyl carbamates (subject to hydrolysis) is 1. The number of carbonyl (C=O) groups is 1. The summed E-state index contributed by atoms with van der Waals surface area (Å²) in [4.78, 5) is 18.5. The Balaban J connectivity index is 1.44. The molecule has 2 atom stereocenters. The fourth-order valence-corrected chi connectivity index (χ4v) is 8.15. The van der Waals surface area contributed by atoms with Gasteiger partial charge in [-0.2, -0.15) is 0 Å². The van der Waals surface area contributed by atoms with E-state index in [1.165, 1.54) is 22.3 Å². The van der Waals surface area contributed by atoms with Gasteiger partial charge in [-0.25, -0.2) is 4.79 Å². The number of piperazine rings is 1. The summed E-state index contributed by atoms with van der Waals surface area (Å²) in [6, 6.07) is 43.0. The fourth-order valence-electron chi connectivity index (χ4n) is 6.60. The molecule has 1 fully saturated rings. The average molecular weight is 666 g/mol. The number of thioether (sulfide) groups is 1. The molecule has 4 aromatic carbocycles. The summed E-state index contributed by atoms with van der Waals surface area (Å²) in [6.07, 6.45) is 0.546. The number of benzene rings is 4. The quantitative estimate of drug-likeness (QED) is 0.139. The minimum absolute atomic E-state index is 0.161. The Bertz CT molecular complexity index is 1420. The standard InChI is InChI=1S/C41H51N3O3S/c1-40(2,3)47-39(45)42-37(30-44-27-26-43(31-38(44)25-28-46-4)29-33-17-9-5-10-18-33)32-48-41(34-19-11-6-12-20-34,35-21-13-7-14-22-35)36-23-15-8-16-24-36/h5-24,37-38H,25-32H2,1-4H3,(H,42,45). The van der Waals surface area contributed by atoms with Crippen LogP contribution in [0.1, 0.15) is 49.4 Å². The van der Waals surface area contributed by atoms with Crippen LogP contribution < -0.4 is 5.32 Å². The summed E-state index contributed by atoms with van der Waals surface area (Å²) in [5.74, 6) is 0.680. The predicted molar refractivity (Wildman–Crippen MR) is 198 cm³/mol. The molecule has 1 aliphatic heterocycles. The van der Waals surface area contributed by atoms with Gasteiger partial charge in [0, 0.05) is 58.2 Å². The smallest absolute Gasteiger partial charge is 0.407 e. The third-order valence-corrected chi connectivity index (χ3v) is 10.5. The van der Waals surface area contributed by atoms with E-state index >= 15 is 0 Å². The average Bonchev–Trinajstić information content (AvgIpc) is 3.09. The topological polar surface area (TPSA) is 54.0 Å². The minimum Gasteiger partial charge on any atom is -0.444 e. The number of methoxy groups -OCH3 is 1. The second kappa shape index (κ2) is 17.2. The lowest BCUT2D eigenvalue weighted by atomic mass is 9.84. The van der Waals surface area contributed by atoms with Crippen molar-refractivity contribution in [3.05, 3.63) is 144 Å². The number of amides is 1. The summed E-state index contributed by atoms with van der Waals surface area (Å²) < 4.78 is 10.9. The van der Waals surface area contributed by atoms with Crippen molar-refractivity contribution >= 4 is 17.9 Å². The van der Waals surface area contributed by atoms with E-state index in [1.54, 1.807) is 7.11 Å². The van der Waals surface area contributed by atoms with Gasteiger partial charge in [-0.3, -0.25) is 9.80 Å². The maximum atomic E-state index is 13.4. The second-order valence-electron chi connectivity index (χ2n) is 13.6. The Hall–Kier alpha value is -3.62. The molecule has 0 radical (unpaired) electrons. The summed E-state index contributed by atoms with van der Waals surface area (Å²) >= 11 is 1.87. The molecule has 254 valence electrons. The Kier molecular flexibility index (Phi) is 12.8. The highest BCUT2D eigenvalue weighted by atomic mass is 32.2. The highest BCUT2D eigenvalue weighted by Gasteiger charge is 2.38. The van der Waals surface area contributed by atoms with Crippen molar-refractivity contribution in [2.24, 2.45) is 0 Å². The monoisotopic (exact) mass is 665 g/mol. The van der Waals surface area contributed by atoms with Gasteiger partial charge in [-0.05, 0) is 49.4 Å². The number of nitrogens with one attached hydrogen (secondary N) is 1. The van der Waals surface area contributed by atoms with Gasteiger partial charge < -0.3 is 14.8 Å². The molecule has 2 unspecified atom stereocenters. The number of nitrogens with zero attached hydrogens (tertiary/aromatic N) is 2. The van der Waals surface area contributed by atoms with Crippen LogP contribution in [0.2, 0.25) is 0 Å². The number of ether oxygens (including phenoxy) is 2. The van der Waals surface area contributed by atoms with Gasteiger partial charge in [0.25, 0.3) is 0 Å². The van der Waals surface area contributed by atoms with Crippen molar-refractivity contribution in [2.45, 2.75) is 56.2 Å². The van der Waals surface area contributed by atoms with Gasteiger partial charge >= 0.3 is 6.09 Å². The molecule has 1 saturated heterocycles. The highest BCUT2D eigenvalue weighted by Crippen LogP contribution is 2.48. The number of carbonyl (C=O) groups excluding carboxylic acids is 1. The van der Waals surface area contributed by atoms with Crippen molar-refractivity contribution in [3.63, 3.8) is 0 Å². The molecule has 0 aromatic heterocycles. The summed E-state index contributed by atoms with van der Waals surface area (Å²) in [5, 5.41) is 3.31. The van der Waals surface area contributed by atoms with E-state index in [0.29, 0.717) is 24.9 Å². The molecule has 7 heteroatoms. The maximum absolute atomic E-state index is 13.4. The molecule has 48 heavy (non-hydrogen) atoms. The lowest BCUT2D eigenvalue weighted by molar-refractivity contribution is 0.0356. The lowest BCUT2D eigenvalue weighted by Gasteiger charge is -2.43. The normalized spacial score (nSPS) is 16.7. The summed E-state index contributed by atoms with van der Waals surface area (Å²) in [7, 11) is 1.77. The molecule has 0 saturated carbocycles. The largest absolute Gasteiger partial charge is 0.444 e. The molecule has 0 bridgehead atoms. The van der Waals surface area contributed by atoms with Crippen molar-refractivity contribution in [2.75, 3.05) is 45.6 Å². The SMILES string of the molecule is COCCC1CN(Cc2ccccc2)CCN1CC(CSC(c1ccccc1)(c1ccccc1)c1ccccc1)NC(=O)OC(C)(C)C. The molecule has 1 N–H and O–H groups in total. The van der Waals surface area contributed by atoms with E-state index in [-0.39, 0.29) is 12.1 Å². The first-order valence-corrected chi connectivity index (χ1v) is 18.0. The van der Waals surface area contributed by atoms with E-state index in [0.717, 1.165) is 32.6 Å². The highest BCUT2D eigenvalue weighted by molar-refractivity contribution is 8.00. The van der Waals surface area contributed by atoms with Crippen LogP contribution in [0, 0.1) is 0 Å². The third kappa shape index (κ3) is 9.73. The maximum Gasteiger partial charge on any atom is 0.407 e. The Morgan fingerprint density at radius 2 is 1.33 bits per heavy atom. The zero-order valence-electron chi connectivity index (χ0n) is 28.9. The molecule has 1 aliphatic rings. The van der Waals surface area contributed by atoms with Gasteiger partial charge in [0.15, 0.2) is 0 Å². The molecule has 5 rings (SSSR count). The molecule has 4 aromatic rings. The van der Waals surface area contributed by atoms with E-state index < -0.39 is 10.3 Å². The first kappa shape index (κ1) is 35.7. The Labute approximate surface area is 291 Å². The van der Waals surface area contributed by atoms with Crippen molar-refractivity contribution in [1.29, 1.82) is 0 Å². The van der Waals surface area contributed by atoms with E-state index in [2.05, 4.69) is 136 Å². The van der Waals surface area contributed by atoms with Crippen LogP contribution in [0.3, 0.4) is 0 Å². The fraction of sp³-hybridized carbons (Fsp3) is 0.390. The van der Waals surface area contributed by atoms with Gasteiger partial charge in [0.2, 0.25) is 0 Å². The van der Waals surface area contributed by atoms with Gasteiger partial charge in [0.1, 0.15) is 5.60 Å². The second-order valence-corrected chi connectivity index (χ2v) is 14.8. The van der Waals surface area contributed by atoms with Crippen LogP contribution in [0.15, 0.2) is 121 Å². The van der Waals surface area contributed by atoms with Crippen molar-refractivity contribution in [1.82, 2.24) is 15.1 Å². The molecule has 0 aliphatic carbocycles. The van der Waals surface area contributed by atoms with Crippen LogP contribution in [-0.4, -0.2) is 79.2 Å². The Morgan fingerprint density at radius 1 is 0.812 bits per heavy atom. The third-order valence-electron chi connectivity index (χ3n) is 8.81. The zero-order chi connectivity index (χ0) is 33.8. The molecule has 0 spiro atoms. The van der Waals surface area contributed by atoms with Crippen molar-refractivity contribution < 1.29 is 14.3 Å². The van der Waals surface area contributed by atoms with Crippen molar-refractivity contribution in [3.8, 4) is 0 Å². The minimum atomic E-state index is -0.590. The first-order chi connectivity index (χ1) is 23.3. The summed E-state index contributed by atoms with van der Waals surface area (Å²) in [6.45, 7) is 10.9. The summed E-state index contributed by atoms with van der Waals surface area (Å²) in [5.41, 5.74) is 4.35. The predicted octanol–water partition coefficient (Wildman–Crippen LogP) is 7.83. The lowest BCUT2D eigenvalue weighted by Crippen LogP contribution is -2.57. The number of hydrogen-bond donors (Lipinski definition) is 1.